The first-order valence-electron chi connectivity index (χ1n) is 13.9. The third-order valence-electron chi connectivity index (χ3n) is 6.84. The average molecular weight is 753 g/mol. The molecule has 3 aromatic carbocycles. The molecule has 0 radical (unpaired) electrons. The van der Waals surface area contributed by atoms with Crippen LogP contribution in [0.25, 0.3) is 6.08 Å². The lowest BCUT2D eigenvalue weighted by molar-refractivity contribution is -0.136. The Bertz CT molecular complexity index is 2010. The Morgan fingerprint density at radius 3 is 2.44 bits per heavy atom. The average Bonchev–Trinajstić information content (AvgIpc) is 3.35. The molecular formula is C33H27Br2N3O6S. The summed E-state index contributed by atoms with van der Waals surface area (Å²) in [5, 5.41) is 9.39. The van der Waals surface area contributed by atoms with Gasteiger partial charge in [0, 0.05) is 11.8 Å². The van der Waals surface area contributed by atoms with Crippen LogP contribution in [0.3, 0.4) is 0 Å². The van der Waals surface area contributed by atoms with Crippen LogP contribution in [0.2, 0.25) is 0 Å². The van der Waals surface area contributed by atoms with Crippen LogP contribution in [-0.2, 0) is 16.1 Å². The highest BCUT2D eigenvalue weighted by Crippen LogP contribution is 2.37. The van der Waals surface area contributed by atoms with E-state index in [2.05, 4.69) is 42.9 Å². The number of nitriles is 1. The highest BCUT2D eigenvalue weighted by Gasteiger charge is 2.31. The summed E-state index contributed by atoms with van der Waals surface area (Å²) in [6.45, 7) is 4.82. The van der Waals surface area contributed by atoms with Crippen LogP contribution in [0.4, 0.5) is 0 Å². The van der Waals surface area contributed by atoms with Gasteiger partial charge in [-0.05, 0) is 93.2 Å². The van der Waals surface area contributed by atoms with Gasteiger partial charge in [-0.2, -0.15) is 5.26 Å². The van der Waals surface area contributed by atoms with Crippen LogP contribution in [0, 0.1) is 11.3 Å². The number of carbonyl (C=O) groups excluding carboxylic acids is 1. The van der Waals surface area contributed by atoms with Crippen molar-refractivity contribution in [2.45, 2.75) is 26.5 Å². The number of thiazole rings is 1. The third kappa shape index (κ3) is 6.76. The standard InChI is InChI=1S/C33H27Br2N3O6S/c1-4-42-26-11-10-20(15-27(26)43-5-2)29-23(32(40)41-3)17-37-33-38(29)31(39)28(45-33)14-19-12-24(34)30(25(35)13-19)44-18-22-9-7-6-8-21(22)16-36/h6-15,17,29H,4-5,18H2,1-3H3/b28-14-/t29-/m0/s1. The minimum absolute atomic E-state index is 0.206. The third-order valence-corrected chi connectivity index (χ3v) is 9.01. The molecule has 4 aromatic rings. The molecule has 0 fully saturated rings. The zero-order valence-electron chi connectivity index (χ0n) is 24.5. The van der Waals surface area contributed by atoms with E-state index in [1.54, 1.807) is 30.3 Å². The van der Waals surface area contributed by atoms with Crippen molar-refractivity contribution in [2.75, 3.05) is 20.3 Å². The van der Waals surface area contributed by atoms with Crippen molar-refractivity contribution in [3.63, 3.8) is 0 Å². The number of nitrogens with zero attached hydrogens (tertiary/aromatic N) is 3. The van der Waals surface area contributed by atoms with E-state index in [-0.39, 0.29) is 17.7 Å². The summed E-state index contributed by atoms with van der Waals surface area (Å²) in [5.41, 5.74) is 2.59. The summed E-state index contributed by atoms with van der Waals surface area (Å²) in [6, 6.07) is 17.7. The van der Waals surface area contributed by atoms with E-state index in [0.29, 0.717) is 59.9 Å². The van der Waals surface area contributed by atoms with Crippen molar-refractivity contribution in [3.8, 4) is 23.3 Å². The molecule has 1 atom stereocenters. The number of hydrogen-bond acceptors (Lipinski definition) is 9. The van der Waals surface area contributed by atoms with E-state index >= 15 is 0 Å². The number of hydrogen-bond donors (Lipinski definition) is 0. The highest BCUT2D eigenvalue weighted by molar-refractivity contribution is 9.11. The second-order valence-corrected chi connectivity index (χ2v) is 12.3. The highest BCUT2D eigenvalue weighted by atomic mass is 79.9. The predicted octanol–water partition coefficient (Wildman–Crippen LogP) is 5.79. The Balaban J connectivity index is 1.54. The summed E-state index contributed by atoms with van der Waals surface area (Å²) in [6.07, 6.45) is 3.21. The minimum Gasteiger partial charge on any atom is -0.490 e. The van der Waals surface area contributed by atoms with Crippen LogP contribution in [0.5, 0.6) is 17.2 Å². The molecule has 9 nitrogen and oxygen atoms in total. The van der Waals surface area contributed by atoms with E-state index in [1.807, 2.05) is 44.2 Å². The van der Waals surface area contributed by atoms with Crippen LogP contribution < -0.4 is 29.1 Å². The van der Waals surface area contributed by atoms with Gasteiger partial charge >= 0.3 is 5.97 Å². The topological polar surface area (TPSA) is 112 Å². The zero-order valence-corrected chi connectivity index (χ0v) is 28.5. The number of benzene rings is 3. The fourth-order valence-electron chi connectivity index (χ4n) is 4.84. The molecular weight excluding hydrogens is 726 g/mol. The van der Waals surface area contributed by atoms with Gasteiger partial charge in [-0.15, -0.1) is 0 Å². The fraction of sp³-hybridized carbons (Fsp3) is 0.212. The van der Waals surface area contributed by atoms with E-state index in [0.717, 1.165) is 11.1 Å². The Labute approximate surface area is 279 Å². The molecule has 0 amide bonds. The van der Waals surface area contributed by atoms with Gasteiger partial charge in [0.25, 0.3) is 5.56 Å². The van der Waals surface area contributed by atoms with Crippen molar-refractivity contribution in [1.29, 1.82) is 5.26 Å². The molecule has 2 heterocycles. The van der Waals surface area contributed by atoms with Crippen LogP contribution in [0.1, 0.15) is 42.1 Å². The number of rotatable bonds is 10. The molecule has 12 heteroatoms. The number of fused-ring (bicyclic) bond motifs is 1. The number of methoxy groups -OCH3 is 1. The first-order valence-corrected chi connectivity index (χ1v) is 16.3. The predicted molar refractivity (Wildman–Crippen MR) is 177 cm³/mol. The summed E-state index contributed by atoms with van der Waals surface area (Å²) in [5.74, 6) is 1.04. The van der Waals surface area contributed by atoms with E-state index < -0.39 is 12.0 Å². The van der Waals surface area contributed by atoms with Crippen molar-refractivity contribution in [3.05, 3.63) is 117 Å². The Morgan fingerprint density at radius 2 is 1.76 bits per heavy atom. The van der Waals surface area contributed by atoms with Gasteiger partial charge in [-0.1, -0.05) is 35.6 Å². The van der Waals surface area contributed by atoms with Crippen molar-refractivity contribution in [1.82, 2.24) is 4.57 Å². The zero-order chi connectivity index (χ0) is 32.1. The molecule has 0 spiro atoms. The van der Waals surface area contributed by atoms with Crippen LogP contribution in [0.15, 0.2) is 85.1 Å². The summed E-state index contributed by atoms with van der Waals surface area (Å²) in [4.78, 5) is 31.7. The smallest absolute Gasteiger partial charge is 0.337 e. The first kappa shape index (κ1) is 32.2. The van der Waals surface area contributed by atoms with Gasteiger partial charge in [0.2, 0.25) is 0 Å². The molecule has 0 saturated heterocycles. The molecule has 1 aliphatic heterocycles. The second-order valence-electron chi connectivity index (χ2n) is 9.62. The maximum atomic E-state index is 14.0. The monoisotopic (exact) mass is 751 g/mol. The maximum Gasteiger partial charge on any atom is 0.337 e. The summed E-state index contributed by atoms with van der Waals surface area (Å²) >= 11 is 8.38. The molecule has 0 N–H and O–H groups in total. The molecule has 0 saturated carbocycles. The van der Waals surface area contributed by atoms with Gasteiger partial charge < -0.3 is 18.9 Å². The Kier molecular flexibility index (Phi) is 10.2. The number of ether oxygens (including phenoxy) is 4. The van der Waals surface area contributed by atoms with Gasteiger partial charge in [0.15, 0.2) is 16.3 Å². The molecule has 1 aliphatic rings. The van der Waals surface area contributed by atoms with Gasteiger partial charge in [0.1, 0.15) is 12.4 Å². The second kappa shape index (κ2) is 14.3. The molecule has 230 valence electrons. The number of aromatic nitrogens is 1. The van der Waals surface area contributed by atoms with E-state index in [9.17, 15) is 14.9 Å². The normalized spacial score (nSPS) is 14.1. The molecule has 0 bridgehead atoms. The summed E-state index contributed by atoms with van der Waals surface area (Å²) in [7, 11) is 1.29. The lowest BCUT2D eigenvalue weighted by atomic mass is 9.97. The molecule has 0 unspecified atom stereocenters. The fourth-order valence-corrected chi connectivity index (χ4v) is 7.26. The van der Waals surface area contributed by atoms with Gasteiger partial charge in [-0.25, -0.2) is 9.79 Å². The largest absolute Gasteiger partial charge is 0.490 e. The first-order chi connectivity index (χ1) is 21.8. The van der Waals surface area contributed by atoms with Crippen molar-refractivity contribution in [2.24, 2.45) is 4.99 Å². The SMILES string of the molecule is CCOc1ccc([C@H]2C(C(=O)OC)=CN=c3s/c(=C\c4cc(Br)c(OCc5ccccc5C#N)c(Br)c4)c(=O)n32)cc1OCC. The van der Waals surface area contributed by atoms with Gasteiger partial charge in [-0.3, -0.25) is 9.36 Å². The lowest BCUT2D eigenvalue weighted by Gasteiger charge is -2.23. The Hall–Kier alpha value is -4.18. The maximum absolute atomic E-state index is 14.0. The molecule has 0 aliphatic carbocycles. The Morgan fingerprint density at radius 1 is 1.04 bits per heavy atom. The van der Waals surface area contributed by atoms with Crippen LogP contribution in [-0.4, -0.2) is 30.9 Å². The summed E-state index contributed by atoms with van der Waals surface area (Å²) < 4.78 is 25.9. The molecule has 45 heavy (non-hydrogen) atoms. The number of carbonyl (C=O) groups is 1. The van der Waals surface area contributed by atoms with Crippen LogP contribution >= 0.6 is 43.2 Å². The van der Waals surface area contributed by atoms with Crippen molar-refractivity contribution >= 4 is 55.2 Å². The van der Waals surface area contributed by atoms with Gasteiger partial charge in [0.05, 0.1) is 57.0 Å². The number of halogens is 2. The van der Waals surface area contributed by atoms with E-state index in [4.69, 9.17) is 18.9 Å². The quantitative estimate of drug-likeness (QED) is 0.189. The van der Waals surface area contributed by atoms with E-state index in [1.165, 1.54) is 29.2 Å². The molecule has 5 rings (SSSR count). The van der Waals surface area contributed by atoms with Crippen molar-refractivity contribution < 1.29 is 23.7 Å². The number of esters is 1. The minimum atomic E-state index is -0.795. The lowest BCUT2D eigenvalue weighted by Crippen LogP contribution is -2.39. The molecule has 1 aromatic heterocycles.